The van der Waals surface area contributed by atoms with Gasteiger partial charge in [0.1, 0.15) is 12.4 Å². The van der Waals surface area contributed by atoms with E-state index < -0.39 is 0 Å². The van der Waals surface area contributed by atoms with Crippen molar-refractivity contribution in [3.05, 3.63) is 125 Å². The smallest absolute Gasteiger partial charge is 0.123 e. The molecule has 0 heterocycles. The monoisotopic (exact) mass is 502 g/mol. The van der Waals surface area contributed by atoms with Gasteiger partial charge < -0.3 is 15.0 Å². The molecule has 0 aliphatic rings. The van der Waals surface area contributed by atoms with Crippen LogP contribution in [0.1, 0.15) is 36.1 Å². The summed E-state index contributed by atoms with van der Waals surface area (Å²) >= 11 is 0. The molecule has 0 fully saturated rings. The molecule has 0 saturated heterocycles. The summed E-state index contributed by atoms with van der Waals surface area (Å²) in [7, 11) is 0. The maximum atomic E-state index is 6.48. The lowest BCUT2D eigenvalue weighted by Gasteiger charge is -2.20. The fourth-order valence-corrected chi connectivity index (χ4v) is 5.30. The lowest BCUT2D eigenvalue weighted by atomic mass is 9.91. The predicted molar refractivity (Wildman–Crippen MR) is 161 cm³/mol. The van der Waals surface area contributed by atoms with Crippen molar-refractivity contribution in [2.24, 2.45) is 0 Å². The van der Waals surface area contributed by atoms with E-state index in [4.69, 9.17) is 4.74 Å². The Balaban J connectivity index is 1.50. The van der Waals surface area contributed by atoms with Crippen molar-refractivity contribution in [2.75, 3.05) is 26.2 Å². The fourth-order valence-electron chi connectivity index (χ4n) is 5.30. The zero-order valence-electron chi connectivity index (χ0n) is 22.6. The SMILES string of the molecule is CCN(CC)CCNCc1ccc2ccccc2c1Cc1c(OCc2ccccc2)ccc2ccccc12. The molecule has 0 spiro atoms. The van der Waals surface area contributed by atoms with Gasteiger partial charge in [-0.05, 0) is 57.4 Å². The third-order valence-corrected chi connectivity index (χ3v) is 7.54. The quantitative estimate of drug-likeness (QED) is 0.178. The molecule has 0 aliphatic heterocycles. The van der Waals surface area contributed by atoms with Gasteiger partial charge >= 0.3 is 0 Å². The molecule has 0 aliphatic carbocycles. The van der Waals surface area contributed by atoms with Crippen LogP contribution in [-0.2, 0) is 19.6 Å². The lowest BCUT2D eigenvalue weighted by Crippen LogP contribution is -2.31. The van der Waals surface area contributed by atoms with Gasteiger partial charge in [0.25, 0.3) is 0 Å². The van der Waals surface area contributed by atoms with Gasteiger partial charge in [0.2, 0.25) is 0 Å². The fraction of sp³-hybridized carbons (Fsp3) is 0.257. The van der Waals surface area contributed by atoms with Crippen LogP contribution in [0.2, 0.25) is 0 Å². The minimum Gasteiger partial charge on any atom is -0.489 e. The van der Waals surface area contributed by atoms with E-state index in [1.807, 2.05) is 6.07 Å². The number of benzene rings is 5. The molecule has 5 aromatic rings. The van der Waals surface area contributed by atoms with E-state index in [0.717, 1.165) is 44.9 Å². The van der Waals surface area contributed by atoms with Gasteiger partial charge in [0.15, 0.2) is 0 Å². The van der Waals surface area contributed by atoms with Crippen LogP contribution in [0.25, 0.3) is 21.5 Å². The van der Waals surface area contributed by atoms with Crippen LogP contribution >= 0.6 is 0 Å². The minimum atomic E-state index is 0.557. The number of hydrogen-bond donors (Lipinski definition) is 1. The summed E-state index contributed by atoms with van der Waals surface area (Å²) in [6, 6.07) is 36.7. The van der Waals surface area contributed by atoms with Gasteiger partial charge in [-0.25, -0.2) is 0 Å². The van der Waals surface area contributed by atoms with Crippen LogP contribution in [0.5, 0.6) is 5.75 Å². The van der Waals surface area contributed by atoms with Crippen LogP contribution in [0.15, 0.2) is 103 Å². The van der Waals surface area contributed by atoms with E-state index in [-0.39, 0.29) is 0 Å². The zero-order valence-corrected chi connectivity index (χ0v) is 22.6. The Hall–Kier alpha value is -3.66. The van der Waals surface area contributed by atoms with E-state index >= 15 is 0 Å². The molecule has 3 heteroatoms. The van der Waals surface area contributed by atoms with Crippen molar-refractivity contribution < 1.29 is 4.74 Å². The Morgan fingerprint density at radius 2 is 1.29 bits per heavy atom. The number of ether oxygens (including phenoxy) is 1. The highest BCUT2D eigenvalue weighted by molar-refractivity contribution is 5.91. The minimum absolute atomic E-state index is 0.557. The van der Waals surface area contributed by atoms with Gasteiger partial charge in [-0.2, -0.15) is 0 Å². The first-order chi connectivity index (χ1) is 18.8. The molecular formula is C35H38N2O. The molecule has 3 nitrogen and oxygen atoms in total. The second kappa shape index (κ2) is 12.7. The van der Waals surface area contributed by atoms with Gasteiger partial charge in [-0.1, -0.05) is 111 Å². The van der Waals surface area contributed by atoms with Crippen molar-refractivity contribution in [2.45, 2.75) is 33.4 Å². The molecular weight excluding hydrogens is 464 g/mol. The zero-order chi connectivity index (χ0) is 26.2. The third-order valence-electron chi connectivity index (χ3n) is 7.54. The Labute approximate surface area is 227 Å². The molecule has 0 saturated carbocycles. The van der Waals surface area contributed by atoms with Crippen molar-refractivity contribution >= 4 is 21.5 Å². The van der Waals surface area contributed by atoms with E-state index in [9.17, 15) is 0 Å². The van der Waals surface area contributed by atoms with E-state index in [1.165, 1.54) is 43.8 Å². The first-order valence-corrected chi connectivity index (χ1v) is 13.9. The van der Waals surface area contributed by atoms with Crippen molar-refractivity contribution in [1.82, 2.24) is 10.2 Å². The van der Waals surface area contributed by atoms with Crippen LogP contribution in [0.3, 0.4) is 0 Å². The molecule has 0 bridgehead atoms. The number of likely N-dealkylation sites (N-methyl/N-ethyl adjacent to an activating group) is 1. The second-order valence-corrected chi connectivity index (χ2v) is 9.84. The molecule has 194 valence electrons. The molecule has 0 atom stereocenters. The van der Waals surface area contributed by atoms with Crippen molar-refractivity contribution in [1.29, 1.82) is 0 Å². The molecule has 5 rings (SSSR count). The first kappa shape index (κ1) is 26.0. The number of fused-ring (bicyclic) bond motifs is 2. The average Bonchev–Trinajstić information content (AvgIpc) is 2.98. The van der Waals surface area contributed by atoms with E-state index in [1.54, 1.807) is 0 Å². The average molecular weight is 503 g/mol. The van der Waals surface area contributed by atoms with Gasteiger partial charge in [0, 0.05) is 31.6 Å². The van der Waals surface area contributed by atoms with Crippen LogP contribution < -0.4 is 10.1 Å². The summed E-state index contributed by atoms with van der Waals surface area (Å²) in [5.41, 5.74) is 5.15. The van der Waals surface area contributed by atoms with Gasteiger partial charge in [-0.15, -0.1) is 0 Å². The molecule has 38 heavy (non-hydrogen) atoms. The molecule has 0 amide bonds. The highest BCUT2D eigenvalue weighted by Gasteiger charge is 2.15. The maximum absolute atomic E-state index is 6.48. The topological polar surface area (TPSA) is 24.5 Å². The Morgan fingerprint density at radius 1 is 0.658 bits per heavy atom. The van der Waals surface area contributed by atoms with E-state index in [2.05, 4.69) is 121 Å². The molecule has 0 aromatic heterocycles. The third kappa shape index (κ3) is 6.07. The maximum Gasteiger partial charge on any atom is 0.123 e. The van der Waals surface area contributed by atoms with Crippen molar-refractivity contribution in [3.8, 4) is 5.75 Å². The summed E-state index contributed by atoms with van der Waals surface area (Å²) < 4.78 is 6.48. The Kier molecular flexibility index (Phi) is 8.70. The first-order valence-electron chi connectivity index (χ1n) is 13.9. The number of nitrogens with one attached hydrogen (secondary N) is 1. The van der Waals surface area contributed by atoms with Crippen molar-refractivity contribution in [3.63, 3.8) is 0 Å². The number of nitrogens with zero attached hydrogens (tertiary/aromatic N) is 1. The Morgan fingerprint density at radius 3 is 2.00 bits per heavy atom. The largest absolute Gasteiger partial charge is 0.489 e. The van der Waals surface area contributed by atoms with E-state index in [0.29, 0.717) is 6.61 Å². The summed E-state index contributed by atoms with van der Waals surface area (Å²) in [4.78, 5) is 2.46. The van der Waals surface area contributed by atoms with Crippen LogP contribution in [0.4, 0.5) is 0 Å². The standard InChI is InChI=1S/C35H38N2O/c1-3-37(4-2)23-22-36-25-30-19-18-28-14-8-10-16-31(28)33(30)24-34-32-17-11-9-15-29(32)20-21-35(34)38-26-27-12-6-5-7-13-27/h5-21,36H,3-4,22-26H2,1-2H3. The summed E-state index contributed by atoms with van der Waals surface area (Å²) in [5, 5.41) is 8.81. The predicted octanol–water partition coefficient (Wildman–Crippen LogP) is 7.59. The molecule has 1 N–H and O–H groups in total. The summed E-state index contributed by atoms with van der Waals surface area (Å²) in [6.07, 6.45) is 0.819. The molecule has 0 radical (unpaired) electrons. The molecule has 5 aromatic carbocycles. The highest BCUT2D eigenvalue weighted by Crippen LogP contribution is 2.34. The normalized spacial score (nSPS) is 11.4. The Bertz CT molecular complexity index is 1470. The second-order valence-electron chi connectivity index (χ2n) is 9.84. The summed E-state index contributed by atoms with van der Waals surface area (Å²) in [6.45, 7) is 10.1. The number of rotatable bonds is 12. The molecule has 0 unspecified atom stereocenters. The highest BCUT2D eigenvalue weighted by atomic mass is 16.5. The van der Waals surface area contributed by atoms with Gasteiger partial charge in [-0.3, -0.25) is 0 Å². The summed E-state index contributed by atoms with van der Waals surface area (Å²) in [5.74, 6) is 0.959. The lowest BCUT2D eigenvalue weighted by molar-refractivity contribution is 0.302. The van der Waals surface area contributed by atoms with Gasteiger partial charge in [0.05, 0.1) is 0 Å². The van der Waals surface area contributed by atoms with Crippen LogP contribution in [0, 0.1) is 0 Å². The number of hydrogen-bond acceptors (Lipinski definition) is 3. The van der Waals surface area contributed by atoms with Crippen LogP contribution in [-0.4, -0.2) is 31.1 Å².